The van der Waals surface area contributed by atoms with Crippen LogP contribution in [0.2, 0.25) is 0 Å². The van der Waals surface area contributed by atoms with Gasteiger partial charge in [0.2, 0.25) is 0 Å². The van der Waals surface area contributed by atoms with Gasteiger partial charge in [-0.1, -0.05) is 68.4 Å². The Morgan fingerprint density at radius 2 is 1.79 bits per heavy atom. The molecule has 0 aromatic rings. The van der Waals surface area contributed by atoms with Crippen LogP contribution >= 0.6 is 12.6 Å². The molecule has 0 radical (unpaired) electrons. The van der Waals surface area contributed by atoms with Gasteiger partial charge in [-0.3, -0.25) is 4.79 Å². The van der Waals surface area contributed by atoms with E-state index in [9.17, 15) is 9.90 Å². The smallest absolute Gasteiger partial charge is 0.303 e. The van der Waals surface area contributed by atoms with E-state index >= 15 is 0 Å². The quantitative estimate of drug-likeness (QED) is 0.176. The minimum Gasteiger partial charge on any atom is -0.481 e. The van der Waals surface area contributed by atoms with Crippen LogP contribution in [-0.2, 0) is 4.79 Å². The van der Waals surface area contributed by atoms with Gasteiger partial charge in [-0.15, -0.1) is 0 Å². The number of hydrogen-bond donors (Lipinski definition) is 3. The third kappa shape index (κ3) is 15.6. The van der Waals surface area contributed by atoms with Crippen molar-refractivity contribution in [3.8, 4) is 0 Å². The zero-order valence-electron chi connectivity index (χ0n) is 14.7. The zero-order valence-corrected chi connectivity index (χ0v) is 15.6. The number of rotatable bonds is 14. The molecule has 2 N–H and O–H groups in total. The molecule has 0 aromatic heterocycles. The van der Waals surface area contributed by atoms with E-state index in [2.05, 4.69) is 37.8 Å². The van der Waals surface area contributed by atoms with Gasteiger partial charge in [0.25, 0.3) is 0 Å². The Morgan fingerprint density at radius 3 is 2.50 bits per heavy atom. The molecule has 0 aliphatic heterocycles. The summed E-state index contributed by atoms with van der Waals surface area (Å²) >= 11 is 4.31. The second-order valence-electron chi connectivity index (χ2n) is 5.74. The Kier molecular flexibility index (Phi) is 15.7. The van der Waals surface area contributed by atoms with E-state index in [1.54, 1.807) is 0 Å². The molecule has 136 valence electrons. The molecule has 0 bridgehead atoms. The van der Waals surface area contributed by atoms with Gasteiger partial charge < -0.3 is 10.2 Å². The minimum atomic E-state index is -0.834. The Morgan fingerprint density at radius 1 is 1.04 bits per heavy atom. The van der Waals surface area contributed by atoms with E-state index in [1.165, 1.54) is 25.7 Å². The summed E-state index contributed by atoms with van der Waals surface area (Å²) < 4.78 is 0. The predicted octanol–water partition coefficient (Wildman–Crippen LogP) is 5.10. The van der Waals surface area contributed by atoms with E-state index in [-0.39, 0.29) is 11.7 Å². The lowest BCUT2D eigenvalue weighted by atomic mass is 10.1. The van der Waals surface area contributed by atoms with Crippen molar-refractivity contribution in [2.75, 3.05) is 0 Å². The van der Waals surface area contributed by atoms with Crippen LogP contribution < -0.4 is 0 Å². The monoisotopic (exact) mass is 352 g/mol. The molecule has 0 rings (SSSR count). The number of aliphatic carboxylic acids is 1. The maximum atomic E-state index is 10.4. The van der Waals surface area contributed by atoms with E-state index in [0.717, 1.165) is 6.42 Å². The standard InChI is InChI=1S/C20H32O3S/c1-2-3-4-5-6-7-8-9-10-11-12-13-16-19(24)18(21)15-14-17-20(22)23/h6-7,9-13,16,18-19,21,24H,2-5,8,14-15,17H2,1H3,(H,22,23)/b7-6+,10-9+,12-11-,16-13-/t18-,19+/m1/s1. The fourth-order valence-electron chi connectivity index (χ4n) is 2.03. The SMILES string of the molecule is CCCCC/C=C/C/C=C/C=C\C=C/[C@H](S)[C@H](O)CCCC(=O)O. The molecule has 4 heteroatoms. The molecule has 0 spiro atoms. The van der Waals surface area contributed by atoms with Crippen molar-refractivity contribution in [3.63, 3.8) is 0 Å². The van der Waals surface area contributed by atoms with Crippen LogP contribution in [0.3, 0.4) is 0 Å². The highest BCUT2D eigenvalue weighted by molar-refractivity contribution is 7.81. The minimum absolute atomic E-state index is 0.0824. The normalized spacial score (nSPS) is 15.1. The summed E-state index contributed by atoms with van der Waals surface area (Å²) in [4.78, 5) is 10.4. The molecule has 0 fully saturated rings. The van der Waals surface area contributed by atoms with Crippen molar-refractivity contribution in [2.45, 2.75) is 69.6 Å². The molecule has 0 amide bonds. The number of aliphatic hydroxyl groups excluding tert-OH is 1. The molecule has 2 atom stereocenters. The number of allylic oxidation sites excluding steroid dienone is 7. The van der Waals surface area contributed by atoms with E-state index in [0.29, 0.717) is 12.8 Å². The molecule has 0 aromatic carbocycles. The molecule has 0 saturated carbocycles. The van der Waals surface area contributed by atoms with Gasteiger partial charge >= 0.3 is 5.97 Å². The first-order valence-corrected chi connectivity index (χ1v) is 9.32. The van der Waals surface area contributed by atoms with Crippen LogP contribution in [0.5, 0.6) is 0 Å². The summed E-state index contributed by atoms with van der Waals surface area (Å²) in [7, 11) is 0. The highest BCUT2D eigenvalue weighted by Crippen LogP contribution is 2.11. The summed E-state index contributed by atoms with van der Waals surface area (Å²) in [6, 6.07) is 0. The average molecular weight is 353 g/mol. The number of thiol groups is 1. The second kappa shape index (κ2) is 16.6. The first-order chi connectivity index (χ1) is 11.6. The van der Waals surface area contributed by atoms with Gasteiger partial charge in [0.05, 0.1) is 6.10 Å². The molecule has 0 unspecified atom stereocenters. The van der Waals surface area contributed by atoms with Crippen molar-refractivity contribution in [1.82, 2.24) is 0 Å². The molecular weight excluding hydrogens is 320 g/mol. The molecule has 0 aliphatic rings. The first kappa shape index (κ1) is 22.7. The summed E-state index contributed by atoms with van der Waals surface area (Å²) in [5.41, 5.74) is 0. The number of carboxylic acids is 1. The van der Waals surface area contributed by atoms with E-state index in [4.69, 9.17) is 5.11 Å². The van der Waals surface area contributed by atoms with Crippen LogP contribution in [-0.4, -0.2) is 27.5 Å². The second-order valence-corrected chi connectivity index (χ2v) is 6.34. The van der Waals surface area contributed by atoms with Crippen LogP contribution in [0.4, 0.5) is 0 Å². The van der Waals surface area contributed by atoms with E-state index < -0.39 is 12.1 Å². The van der Waals surface area contributed by atoms with Crippen LogP contribution in [0.15, 0.2) is 48.6 Å². The highest BCUT2D eigenvalue weighted by Gasteiger charge is 2.12. The topological polar surface area (TPSA) is 57.5 Å². The summed E-state index contributed by atoms with van der Waals surface area (Å²) in [6.45, 7) is 2.21. The molecule has 24 heavy (non-hydrogen) atoms. The molecule has 3 nitrogen and oxygen atoms in total. The largest absolute Gasteiger partial charge is 0.481 e. The van der Waals surface area contributed by atoms with E-state index in [1.807, 2.05) is 30.4 Å². The summed E-state index contributed by atoms with van der Waals surface area (Å²) in [5.74, 6) is -0.834. The summed E-state index contributed by atoms with van der Waals surface area (Å²) in [6.07, 6.45) is 22.3. The molecule has 0 saturated heterocycles. The number of carboxylic acid groups (broad SMARTS) is 1. The summed E-state index contributed by atoms with van der Waals surface area (Å²) in [5, 5.41) is 18.1. The lowest BCUT2D eigenvalue weighted by Gasteiger charge is -2.13. The Labute approximate surface area is 152 Å². The maximum Gasteiger partial charge on any atom is 0.303 e. The molecule has 0 heterocycles. The van der Waals surface area contributed by atoms with Gasteiger partial charge in [-0.25, -0.2) is 0 Å². The van der Waals surface area contributed by atoms with Crippen LogP contribution in [0.1, 0.15) is 58.3 Å². The lowest BCUT2D eigenvalue weighted by Crippen LogP contribution is -2.19. The van der Waals surface area contributed by atoms with Crippen molar-refractivity contribution >= 4 is 18.6 Å². The van der Waals surface area contributed by atoms with Crippen LogP contribution in [0.25, 0.3) is 0 Å². The fraction of sp³-hybridized carbons (Fsp3) is 0.550. The van der Waals surface area contributed by atoms with Gasteiger partial charge in [0, 0.05) is 11.7 Å². The van der Waals surface area contributed by atoms with Crippen molar-refractivity contribution in [1.29, 1.82) is 0 Å². The molecule has 0 aliphatic carbocycles. The van der Waals surface area contributed by atoms with Crippen molar-refractivity contribution in [2.24, 2.45) is 0 Å². The third-order valence-electron chi connectivity index (χ3n) is 3.48. The maximum absolute atomic E-state index is 10.4. The predicted molar refractivity (Wildman–Crippen MR) is 106 cm³/mol. The fourth-order valence-corrected chi connectivity index (χ4v) is 2.28. The third-order valence-corrected chi connectivity index (χ3v) is 3.99. The Bertz CT molecular complexity index is 425. The molecular formula is C20H32O3S. The zero-order chi connectivity index (χ0) is 18.0. The number of hydrogen-bond acceptors (Lipinski definition) is 3. The van der Waals surface area contributed by atoms with Gasteiger partial charge in [-0.2, -0.15) is 12.6 Å². The highest BCUT2D eigenvalue weighted by atomic mass is 32.1. The average Bonchev–Trinajstić information content (AvgIpc) is 2.55. The van der Waals surface area contributed by atoms with Crippen molar-refractivity contribution < 1.29 is 15.0 Å². The van der Waals surface area contributed by atoms with Crippen molar-refractivity contribution in [3.05, 3.63) is 48.6 Å². The number of carbonyl (C=O) groups is 1. The van der Waals surface area contributed by atoms with Gasteiger partial charge in [-0.05, 0) is 32.1 Å². The van der Waals surface area contributed by atoms with Crippen LogP contribution in [0, 0.1) is 0 Å². The van der Waals surface area contributed by atoms with Gasteiger partial charge in [0.1, 0.15) is 0 Å². The number of unbranched alkanes of at least 4 members (excludes halogenated alkanes) is 3. The number of aliphatic hydroxyl groups is 1. The Balaban J connectivity index is 3.81. The first-order valence-electron chi connectivity index (χ1n) is 8.80. The lowest BCUT2D eigenvalue weighted by molar-refractivity contribution is -0.137. The Hall–Kier alpha value is -1.26. The van der Waals surface area contributed by atoms with Gasteiger partial charge in [0.15, 0.2) is 0 Å².